The second kappa shape index (κ2) is 7.38. The fourth-order valence-corrected chi connectivity index (χ4v) is 2.17. The molecule has 0 saturated carbocycles. The Morgan fingerprint density at radius 1 is 1.45 bits per heavy atom. The summed E-state index contributed by atoms with van der Waals surface area (Å²) in [6, 6.07) is 8.10. The van der Waals surface area contributed by atoms with Crippen LogP contribution < -0.4 is 10.6 Å². The summed E-state index contributed by atoms with van der Waals surface area (Å²) in [5.41, 5.74) is 1.93. The van der Waals surface area contributed by atoms with Gasteiger partial charge in [0.05, 0.1) is 19.8 Å². The molecular weight excluding hydrogens is 256 g/mol. The van der Waals surface area contributed by atoms with Gasteiger partial charge >= 0.3 is 0 Å². The Labute approximate surface area is 119 Å². The van der Waals surface area contributed by atoms with E-state index in [-0.39, 0.29) is 11.9 Å². The number of nitrogens with one attached hydrogen (secondary N) is 2. The molecule has 0 bridgehead atoms. The summed E-state index contributed by atoms with van der Waals surface area (Å²) < 4.78 is 10.6. The van der Waals surface area contributed by atoms with E-state index >= 15 is 0 Å². The molecule has 2 atom stereocenters. The zero-order valence-corrected chi connectivity index (χ0v) is 12.0. The molecule has 0 aliphatic carbocycles. The van der Waals surface area contributed by atoms with Crippen LogP contribution in [0.2, 0.25) is 0 Å². The van der Waals surface area contributed by atoms with E-state index in [0.717, 1.165) is 17.8 Å². The fraction of sp³-hybridized carbons (Fsp3) is 0.533. The highest BCUT2D eigenvalue weighted by Gasteiger charge is 2.22. The summed E-state index contributed by atoms with van der Waals surface area (Å²) in [5.74, 6) is -0.155. The average molecular weight is 278 g/mol. The van der Waals surface area contributed by atoms with Crippen molar-refractivity contribution in [2.24, 2.45) is 0 Å². The third-order valence-corrected chi connectivity index (χ3v) is 3.27. The third-order valence-electron chi connectivity index (χ3n) is 3.27. The van der Waals surface area contributed by atoms with Crippen molar-refractivity contribution in [1.82, 2.24) is 5.32 Å². The van der Waals surface area contributed by atoms with Crippen LogP contribution in [-0.4, -0.2) is 38.4 Å². The molecule has 5 heteroatoms. The number of ether oxygens (including phenoxy) is 2. The van der Waals surface area contributed by atoms with Gasteiger partial charge in [-0.1, -0.05) is 19.1 Å². The highest BCUT2D eigenvalue weighted by Crippen LogP contribution is 2.18. The normalized spacial score (nSPS) is 20.4. The molecule has 1 aromatic carbocycles. The molecule has 1 fully saturated rings. The van der Waals surface area contributed by atoms with E-state index in [2.05, 4.69) is 24.5 Å². The summed E-state index contributed by atoms with van der Waals surface area (Å²) in [7, 11) is 0. The van der Waals surface area contributed by atoms with Crippen LogP contribution >= 0.6 is 0 Å². The van der Waals surface area contributed by atoms with Gasteiger partial charge in [0.25, 0.3) is 5.91 Å². The zero-order valence-electron chi connectivity index (χ0n) is 12.0. The van der Waals surface area contributed by atoms with Gasteiger partial charge in [-0.15, -0.1) is 0 Å². The largest absolute Gasteiger partial charge is 0.376 e. The van der Waals surface area contributed by atoms with E-state index in [9.17, 15) is 4.79 Å². The number of benzene rings is 1. The molecule has 1 aromatic rings. The van der Waals surface area contributed by atoms with Gasteiger partial charge in [0.1, 0.15) is 0 Å². The maximum absolute atomic E-state index is 12.0. The molecular formula is C15H22N2O3. The monoisotopic (exact) mass is 278 g/mol. The van der Waals surface area contributed by atoms with Crippen LogP contribution in [-0.2, 0) is 14.3 Å². The Morgan fingerprint density at radius 3 is 3.00 bits per heavy atom. The number of hydrogen-bond acceptors (Lipinski definition) is 4. The lowest BCUT2D eigenvalue weighted by Gasteiger charge is -2.22. The first-order chi connectivity index (χ1) is 9.70. The highest BCUT2D eigenvalue weighted by atomic mass is 16.6. The number of hydrogen-bond donors (Lipinski definition) is 2. The zero-order chi connectivity index (χ0) is 14.4. The van der Waals surface area contributed by atoms with Gasteiger partial charge in [-0.2, -0.15) is 0 Å². The number of carbonyl (C=O) groups is 1. The maximum Gasteiger partial charge on any atom is 0.255 e. The number of amides is 1. The van der Waals surface area contributed by atoms with Crippen molar-refractivity contribution in [3.8, 4) is 0 Å². The molecule has 2 rings (SSSR count). The first-order valence-electron chi connectivity index (χ1n) is 7.04. The lowest BCUT2D eigenvalue weighted by Crippen LogP contribution is -2.39. The van der Waals surface area contributed by atoms with Crippen LogP contribution in [0.3, 0.4) is 0 Å². The molecule has 0 radical (unpaired) electrons. The van der Waals surface area contributed by atoms with E-state index in [0.29, 0.717) is 19.8 Å². The van der Waals surface area contributed by atoms with Gasteiger partial charge in [0.2, 0.25) is 0 Å². The quantitative estimate of drug-likeness (QED) is 0.861. The third kappa shape index (κ3) is 4.03. The summed E-state index contributed by atoms with van der Waals surface area (Å²) >= 11 is 0. The topological polar surface area (TPSA) is 59.6 Å². The smallest absolute Gasteiger partial charge is 0.255 e. The Hall–Kier alpha value is -1.43. The molecule has 110 valence electrons. The maximum atomic E-state index is 12.0. The Bertz CT molecular complexity index is 444. The lowest BCUT2D eigenvalue weighted by atomic mass is 10.1. The lowest BCUT2D eigenvalue weighted by molar-refractivity contribution is -0.142. The van der Waals surface area contributed by atoms with E-state index in [1.807, 2.05) is 24.3 Å². The van der Waals surface area contributed by atoms with Gasteiger partial charge < -0.3 is 20.1 Å². The predicted molar refractivity (Wildman–Crippen MR) is 77.7 cm³/mol. The van der Waals surface area contributed by atoms with Crippen molar-refractivity contribution in [1.29, 1.82) is 0 Å². The summed E-state index contributed by atoms with van der Waals surface area (Å²) in [4.78, 5) is 12.0. The van der Waals surface area contributed by atoms with Crippen molar-refractivity contribution < 1.29 is 14.3 Å². The van der Waals surface area contributed by atoms with Crippen molar-refractivity contribution >= 4 is 11.6 Å². The summed E-state index contributed by atoms with van der Waals surface area (Å²) in [6.07, 6.45) is -0.515. The first kappa shape index (κ1) is 15.0. The standard InChI is InChI=1S/C15H22N2O3/c1-3-16-11(2)12-5-4-6-13(9-12)17-15(18)14-10-19-7-8-20-14/h4-6,9,11,14,16H,3,7-8,10H2,1-2H3,(H,17,18). The van der Waals surface area contributed by atoms with E-state index < -0.39 is 6.10 Å². The molecule has 2 N–H and O–H groups in total. The van der Waals surface area contributed by atoms with Crippen LogP contribution in [0.15, 0.2) is 24.3 Å². The van der Waals surface area contributed by atoms with E-state index in [1.165, 1.54) is 0 Å². The number of carbonyl (C=O) groups excluding carboxylic acids is 1. The van der Waals surface area contributed by atoms with Crippen molar-refractivity contribution in [2.45, 2.75) is 26.0 Å². The van der Waals surface area contributed by atoms with E-state index in [4.69, 9.17) is 9.47 Å². The van der Waals surface area contributed by atoms with Crippen LogP contribution in [0.25, 0.3) is 0 Å². The molecule has 0 spiro atoms. The molecule has 1 aliphatic heterocycles. The molecule has 2 unspecified atom stereocenters. The summed E-state index contributed by atoms with van der Waals surface area (Å²) in [5, 5.41) is 6.23. The van der Waals surface area contributed by atoms with Gasteiger partial charge in [-0.05, 0) is 31.2 Å². The predicted octanol–water partition coefficient (Wildman–Crippen LogP) is 1.71. The molecule has 1 amide bonds. The van der Waals surface area contributed by atoms with Gasteiger partial charge in [0, 0.05) is 11.7 Å². The Morgan fingerprint density at radius 2 is 2.30 bits per heavy atom. The molecule has 1 heterocycles. The number of rotatable bonds is 5. The highest BCUT2D eigenvalue weighted by molar-refractivity contribution is 5.94. The van der Waals surface area contributed by atoms with Gasteiger partial charge in [-0.25, -0.2) is 0 Å². The van der Waals surface area contributed by atoms with Crippen molar-refractivity contribution in [3.63, 3.8) is 0 Å². The molecule has 1 aliphatic rings. The summed E-state index contributed by atoms with van der Waals surface area (Å²) in [6.45, 7) is 6.42. The average Bonchev–Trinajstić information content (AvgIpc) is 2.48. The number of anilines is 1. The second-order valence-corrected chi connectivity index (χ2v) is 4.83. The molecule has 0 aromatic heterocycles. The van der Waals surface area contributed by atoms with Crippen molar-refractivity contribution in [3.05, 3.63) is 29.8 Å². The fourth-order valence-electron chi connectivity index (χ4n) is 2.17. The minimum absolute atomic E-state index is 0.155. The van der Waals surface area contributed by atoms with Crippen LogP contribution in [0.1, 0.15) is 25.5 Å². The van der Waals surface area contributed by atoms with Crippen LogP contribution in [0.4, 0.5) is 5.69 Å². The molecule has 5 nitrogen and oxygen atoms in total. The van der Waals surface area contributed by atoms with Gasteiger partial charge in [0.15, 0.2) is 6.10 Å². The minimum atomic E-state index is -0.515. The van der Waals surface area contributed by atoms with Crippen molar-refractivity contribution in [2.75, 3.05) is 31.7 Å². The van der Waals surface area contributed by atoms with E-state index in [1.54, 1.807) is 0 Å². The van der Waals surface area contributed by atoms with Crippen LogP contribution in [0.5, 0.6) is 0 Å². The Kier molecular flexibility index (Phi) is 5.52. The van der Waals surface area contributed by atoms with Crippen LogP contribution in [0, 0.1) is 0 Å². The second-order valence-electron chi connectivity index (χ2n) is 4.83. The Balaban J connectivity index is 1.98. The SMILES string of the molecule is CCNC(C)c1cccc(NC(=O)C2COCCO2)c1. The molecule has 1 saturated heterocycles. The first-order valence-corrected chi connectivity index (χ1v) is 7.04. The molecule has 20 heavy (non-hydrogen) atoms. The van der Waals surface area contributed by atoms with Gasteiger partial charge in [-0.3, -0.25) is 4.79 Å². The minimum Gasteiger partial charge on any atom is -0.376 e.